The summed E-state index contributed by atoms with van der Waals surface area (Å²) >= 11 is 0. The summed E-state index contributed by atoms with van der Waals surface area (Å²) in [5.41, 5.74) is 0.506. The van der Waals surface area contributed by atoms with Gasteiger partial charge in [-0.25, -0.2) is 4.98 Å². The van der Waals surface area contributed by atoms with E-state index in [1.807, 2.05) is 4.90 Å². The molecule has 24 heavy (non-hydrogen) atoms. The smallest absolute Gasteiger partial charge is 0.259 e. The van der Waals surface area contributed by atoms with Crippen molar-refractivity contribution in [3.05, 3.63) is 36.0 Å². The summed E-state index contributed by atoms with van der Waals surface area (Å²) in [5.74, 6) is 1.49. The summed E-state index contributed by atoms with van der Waals surface area (Å²) in [5, 5.41) is 8.35. The molecular formula is C17H23N5O2. The van der Waals surface area contributed by atoms with Crippen LogP contribution in [0.25, 0.3) is 0 Å². The third-order valence-corrected chi connectivity index (χ3v) is 4.43. The molecular weight excluding hydrogens is 306 g/mol. The van der Waals surface area contributed by atoms with E-state index >= 15 is 0 Å². The Morgan fingerprint density at radius 1 is 1.42 bits per heavy atom. The van der Waals surface area contributed by atoms with Crippen molar-refractivity contribution in [3.8, 4) is 5.88 Å². The van der Waals surface area contributed by atoms with Gasteiger partial charge in [-0.05, 0) is 38.8 Å². The van der Waals surface area contributed by atoms with Gasteiger partial charge in [-0.3, -0.25) is 4.79 Å². The van der Waals surface area contributed by atoms with Crippen LogP contribution in [0.4, 0.5) is 0 Å². The van der Waals surface area contributed by atoms with Gasteiger partial charge >= 0.3 is 0 Å². The lowest BCUT2D eigenvalue weighted by Crippen LogP contribution is -2.40. The number of rotatable bonds is 4. The van der Waals surface area contributed by atoms with Crippen LogP contribution in [0.2, 0.25) is 0 Å². The molecule has 0 spiro atoms. The van der Waals surface area contributed by atoms with E-state index in [-0.39, 0.29) is 11.8 Å². The molecule has 0 unspecified atom stereocenters. The fraction of sp³-hybridized carbons (Fsp3) is 0.529. The summed E-state index contributed by atoms with van der Waals surface area (Å²) in [6.45, 7) is 5.60. The maximum atomic E-state index is 12.9. The van der Waals surface area contributed by atoms with Gasteiger partial charge in [0, 0.05) is 31.2 Å². The molecule has 0 bridgehead atoms. The van der Waals surface area contributed by atoms with Crippen LogP contribution >= 0.6 is 0 Å². The van der Waals surface area contributed by atoms with Crippen molar-refractivity contribution in [1.29, 1.82) is 0 Å². The molecule has 128 valence electrons. The van der Waals surface area contributed by atoms with Crippen LogP contribution in [0, 0.1) is 0 Å². The largest absolute Gasteiger partial charge is 0.480 e. The molecule has 1 amide bonds. The topological polar surface area (TPSA) is 73.1 Å². The van der Waals surface area contributed by atoms with Crippen LogP contribution in [0.5, 0.6) is 5.88 Å². The molecule has 0 N–H and O–H groups in total. The fourth-order valence-electron chi connectivity index (χ4n) is 3.20. The van der Waals surface area contributed by atoms with Gasteiger partial charge in [0.15, 0.2) is 0 Å². The lowest BCUT2D eigenvalue weighted by atomic mass is 9.96. The second-order valence-corrected chi connectivity index (χ2v) is 6.34. The number of aromatic nitrogens is 4. The number of piperidine rings is 1. The summed E-state index contributed by atoms with van der Waals surface area (Å²) in [6, 6.07) is 3.82. The molecule has 1 aliphatic heterocycles. The minimum atomic E-state index is -0.0414. The first kappa shape index (κ1) is 16.4. The standard InChI is InChI=1S/C17H23N5O2/c1-12(2)22-11-19-20-15(22)13-6-5-9-21(10-13)17(23)14-7-4-8-18-16(14)24-3/h4,7-8,11-13H,5-6,9-10H2,1-3H3/t13-/m0/s1. The van der Waals surface area contributed by atoms with Gasteiger partial charge in [-0.2, -0.15) is 0 Å². The number of nitrogens with zero attached hydrogens (tertiary/aromatic N) is 5. The van der Waals surface area contributed by atoms with E-state index in [0.717, 1.165) is 25.2 Å². The van der Waals surface area contributed by atoms with Crippen LogP contribution in [-0.4, -0.2) is 50.8 Å². The SMILES string of the molecule is COc1ncccc1C(=O)N1CCC[C@H](c2nncn2C(C)C)C1. The minimum absolute atomic E-state index is 0.0414. The van der Waals surface area contributed by atoms with Crippen molar-refractivity contribution in [2.75, 3.05) is 20.2 Å². The number of carbonyl (C=O) groups is 1. The Morgan fingerprint density at radius 2 is 2.25 bits per heavy atom. The molecule has 0 saturated carbocycles. The second kappa shape index (κ2) is 6.98. The molecule has 7 nitrogen and oxygen atoms in total. The van der Waals surface area contributed by atoms with E-state index in [4.69, 9.17) is 4.74 Å². The van der Waals surface area contributed by atoms with Gasteiger partial charge in [-0.15, -0.1) is 10.2 Å². The average molecular weight is 329 g/mol. The number of methoxy groups -OCH3 is 1. The summed E-state index contributed by atoms with van der Waals surface area (Å²) in [6.07, 6.45) is 5.36. The Labute approximate surface area is 141 Å². The molecule has 1 atom stereocenters. The predicted molar refractivity (Wildman–Crippen MR) is 89.1 cm³/mol. The monoisotopic (exact) mass is 329 g/mol. The first-order chi connectivity index (χ1) is 11.6. The molecule has 0 aliphatic carbocycles. The number of ether oxygens (including phenoxy) is 1. The summed E-state index contributed by atoms with van der Waals surface area (Å²) in [7, 11) is 1.53. The Morgan fingerprint density at radius 3 is 3.00 bits per heavy atom. The Bertz CT molecular complexity index is 713. The molecule has 2 aromatic rings. The zero-order valence-corrected chi connectivity index (χ0v) is 14.3. The highest BCUT2D eigenvalue weighted by molar-refractivity contribution is 5.96. The van der Waals surface area contributed by atoms with E-state index in [0.29, 0.717) is 24.0 Å². The van der Waals surface area contributed by atoms with Crippen molar-refractivity contribution in [3.63, 3.8) is 0 Å². The molecule has 7 heteroatoms. The maximum Gasteiger partial charge on any atom is 0.259 e. The van der Waals surface area contributed by atoms with E-state index in [1.54, 1.807) is 24.7 Å². The van der Waals surface area contributed by atoms with Crippen LogP contribution in [0.1, 0.15) is 54.8 Å². The molecule has 1 aliphatic rings. The lowest BCUT2D eigenvalue weighted by Gasteiger charge is -2.33. The first-order valence-corrected chi connectivity index (χ1v) is 8.29. The summed E-state index contributed by atoms with van der Waals surface area (Å²) in [4.78, 5) is 18.9. The average Bonchev–Trinajstić information content (AvgIpc) is 3.11. The van der Waals surface area contributed by atoms with Crippen molar-refractivity contribution >= 4 is 5.91 Å². The normalized spacial score (nSPS) is 18.0. The van der Waals surface area contributed by atoms with Crippen molar-refractivity contribution in [2.24, 2.45) is 0 Å². The van der Waals surface area contributed by atoms with Gasteiger partial charge in [0.1, 0.15) is 17.7 Å². The molecule has 3 rings (SSSR count). The quantitative estimate of drug-likeness (QED) is 0.860. The molecule has 1 fully saturated rings. The van der Waals surface area contributed by atoms with E-state index in [2.05, 4.69) is 33.6 Å². The Hall–Kier alpha value is -2.44. The third kappa shape index (κ3) is 3.11. The van der Waals surface area contributed by atoms with E-state index in [9.17, 15) is 4.79 Å². The van der Waals surface area contributed by atoms with Crippen molar-refractivity contribution in [1.82, 2.24) is 24.6 Å². The number of hydrogen-bond donors (Lipinski definition) is 0. The lowest BCUT2D eigenvalue weighted by molar-refractivity contribution is 0.0698. The van der Waals surface area contributed by atoms with Crippen molar-refractivity contribution in [2.45, 2.75) is 38.6 Å². The number of likely N-dealkylation sites (tertiary alicyclic amines) is 1. The highest BCUT2D eigenvalue weighted by atomic mass is 16.5. The number of pyridine rings is 1. The highest BCUT2D eigenvalue weighted by Crippen LogP contribution is 2.28. The third-order valence-electron chi connectivity index (χ3n) is 4.43. The summed E-state index contributed by atoms with van der Waals surface area (Å²) < 4.78 is 7.31. The maximum absolute atomic E-state index is 12.9. The van der Waals surface area contributed by atoms with Gasteiger partial charge < -0.3 is 14.2 Å². The number of amides is 1. The minimum Gasteiger partial charge on any atom is -0.480 e. The van der Waals surface area contributed by atoms with Crippen LogP contribution in [0.15, 0.2) is 24.7 Å². The molecule has 1 saturated heterocycles. The molecule has 3 heterocycles. The zero-order chi connectivity index (χ0) is 17.1. The van der Waals surface area contributed by atoms with E-state index in [1.165, 1.54) is 7.11 Å². The highest BCUT2D eigenvalue weighted by Gasteiger charge is 2.30. The van der Waals surface area contributed by atoms with E-state index < -0.39 is 0 Å². The second-order valence-electron chi connectivity index (χ2n) is 6.34. The zero-order valence-electron chi connectivity index (χ0n) is 14.3. The van der Waals surface area contributed by atoms with Crippen LogP contribution in [-0.2, 0) is 0 Å². The molecule has 2 aromatic heterocycles. The van der Waals surface area contributed by atoms with Gasteiger partial charge in [0.05, 0.1) is 7.11 Å². The fourth-order valence-corrected chi connectivity index (χ4v) is 3.20. The number of hydrogen-bond acceptors (Lipinski definition) is 5. The molecule has 0 aromatic carbocycles. The predicted octanol–water partition coefficient (Wildman–Crippen LogP) is 2.28. The van der Waals surface area contributed by atoms with Crippen LogP contribution < -0.4 is 4.74 Å². The van der Waals surface area contributed by atoms with Gasteiger partial charge in [0.2, 0.25) is 5.88 Å². The Balaban J connectivity index is 1.80. The molecule has 0 radical (unpaired) electrons. The first-order valence-electron chi connectivity index (χ1n) is 8.29. The van der Waals surface area contributed by atoms with Gasteiger partial charge in [0.25, 0.3) is 5.91 Å². The van der Waals surface area contributed by atoms with Crippen molar-refractivity contribution < 1.29 is 9.53 Å². The van der Waals surface area contributed by atoms with Crippen LogP contribution in [0.3, 0.4) is 0 Å². The Kier molecular flexibility index (Phi) is 4.78. The number of carbonyl (C=O) groups excluding carboxylic acids is 1. The van der Waals surface area contributed by atoms with Gasteiger partial charge in [-0.1, -0.05) is 0 Å².